The fraction of sp³-hybridized carbons (Fsp3) is 0.550. The highest BCUT2D eigenvalue weighted by Crippen LogP contribution is 2.17. The van der Waals surface area contributed by atoms with E-state index in [0.29, 0.717) is 17.5 Å². The molecule has 0 aromatic heterocycles. The molecule has 1 aromatic rings. The summed E-state index contributed by atoms with van der Waals surface area (Å²) in [5.41, 5.74) is 1.08. The maximum absolute atomic E-state index is 12.6. The van der Waals surface area contributed by atoms with Crippen LogP contribution in [0.5, 0.6) is 0 Å². The zero-order chi connectivity index (χ0) is 18.4. The summed E-state index contributed by atoms with van der Waals surface area (Å²) in [7, 11) is 0. The number of piperazine rings is 1. The maximum Gasteiger partial charge on any atom is 0.219 e. The standard InChI is InChI=1S/C20H28N2O3/c1-15(2)20(25)18-8-5-4-7-17(18)19(24)9-6-10-21-11-13-22(14-12-21)16(3)23/h4-5,7-8,15H,6,9-14H2,1-3H3. The third kappa shape index (κ3) is 5.23. The van der Waals surface area contributed by atoms with Crippen molar-refractivity contribution in [1.82, 2.24) is 9.80 Å². The molecule has 1 aliphatic rings. The fourth-order valence-electron chi connectivity index (χ4n) is 3.14. The number of ketones is 2. The van der Waals surface area contributed by atoms with Crippen LogP contribution in [0.4, 0.5) is 0 Å². The van der Waals surface area contributed by atoms with Crippen molar-refractivity contribution in [1.29, 1.82) is 0 Å². The number of amides is 1. The van der Waals surface area contributed by atoms with Crippen molar-refractivity contribution in [2.75, 3.05) is 32.7 Å². The van der Waals surface area contributed by atoms with Crippen molar-refractivity contribution < 1.29 is 14.4 Å². The first-order valence-electron chi connectivity index (χ1n) is 9.04. The van der Waals surface area contributed by atoms with Crippen molar-refractivity contribution in [3.8, 4) is 0 Å². The molecule has 5 nitrogen and oxygen atoms in total. The van der Waals surface area contributed by atoms with Crippen LogP contribution in [-0.4, -0.2) is 60.0 Å². The Morgan fingerprint density at radius 2 is 1.60 bits per heavy atom. The lowest BCUT2D eigenvalue weighted by Crippen LogP contribution is -2.48. The predicted molar refractivity (Wildman–Crippen MR) is 97.9 cm³/mol. The molecule has 1 aliphatic heterocycles. The molecule has 0 aliphatic carbocycles. The van der Waals surface area contributed by atoms with Crippen LogP contribution in [0.25, 0.3) is 0 Å². The summed E-state index contributed by atoms with van der Waals surface area (Å²) in [5.74, 6) is 0.0593. The summed E-state index contributed by atoms with van der Waals surface area (Å²) in [5, 5.41) is 0. The van der Waals surface area contributed by atoms with E-state index in [0.717, 1.165) is 39.1 Å². The van der Waals surface area contributed by atoms with Crippen molar-refractivity contribution >= 4 is 17.5 Å². The molecular weight excluding hydrogens is 316 g/mol. The van der Waals surface area contributed by atoms with Gasteiger partial charge in [0.2, 0.25) is 5.91 Å². The first kappa shape index (κ1) is 19.3. The minimum atomic E-state index is -0.119. The molecular formula is C20H28N2O3. The van der Waals surface area contributed by atoms with Crippen LogP contribution >= 0.6 is 0 Å². The van der Waals surface area contributed by atoms with Gasteiger partial charge in [-0.15, -0.1) is 0 Å². The summed E-state index contributed by atoms with van der Waals surface area (Å²) < 4.78 is 0. The Kier molecular flexibility index (Phi) is 6.88. The molecule has 0 atom stereocenters. The third-order valence-corrected chi connectivity index (χ3v) is 4.71. The molecule has 1 aromatic carbocycles. The fourth-order valence-corrected chi connectivity index (χ4v) is 3.14. The number of carbonyl (C=O) groups is 3. The Hall–Kier alpha value is -2.01. The van der Waals surface area contributed by atoms with Gasteiger partial charge >= 0.3 is 0 Å². The SMILES string of the molecule is CC(=O)N1CCN(CCCC(=O)c2ccccc2C(=O)C(C)C)CC1. The highest BCUT2D eigenvalue weighted by atomic mass is 16.2. The second-order valence-electron chi connectivity index (χ2n) is 6.94. The van der Waals surface area contributed by atoms with E-state index in [2.05, 4.69) is 4.90 Å². The van der Waals surface area contributed by atoms with Gasteiger partial charge in [0, 0.05) is 56.6 Å². The minimum Gasteiger partial charge on any atom is -0.340 e. The molecule has 2 rings (SSSR count). The predicted octanol–water partition coefficient (Wildman–Crippen LogP) is 2.65. The smallest absolute Gasteiger partial charge is 0.219 e. The average Bonchev–Trinajstić information content (AvgIpc) is 2.61. The molecule has 0 saturated carbocycles. The van der Waals surface area contributed by atoms with Gasteiger partial charge in [-0.3, -0.25) is 19.3 Å². The van der Waals surface area contributed by atoms with E-state index < -0.39 is 0 Å². The molecule has 0 N–H and O–H groups in total. The number of hydrogen-bond acceptors (Lipinski definition) is 4. The lowest BCUT2D eigenvalue weighted by Gasteiger charge is -2.34. The first-order valence-corrected chi connectivity index (χ1v) is 9.04. The van der Waals surface area contributed by atoms with Crippen molar-refractivity contribution in [3.05, 3.63) is 35.4 Å². The molecule has 0 bridgehead atoms. The molecule has 1 amide bonds. The van der Waals surface area contributed by atoms with Gasteiger partial charge in [-0.1, -0.05) is 38.1 Å². The summed E-state index contributed by atoms with van der Waals surface area (Å²) in [6, 6.07) is 7.12. The van der Waals surface area contributed by atoms with Crippen LogP contribution in [0.2, 0.25) is 0 Å². The Bertz CT molecular complexity index is 632. The number of rotatable bonds is 7. The van der Waals surface area contributed by atoms with E-state index in [4.69, 9.17) is 0 Å². The topological polar surface area (TPSA) is 57.7 Å². The van der Waals surface area contributed by atoms with E-state index in [1.54, 1.807) is 25.1 Å². The molecule has 25 heavy (non-hydrogen) atoms. The number of carbonyl (C=O) groups excluding carboxylic acids is 3. The lowest BCUT2D eigenvalue weighted by atomic mass is 9.93. The van der Waals surface area contributed by atoms with Crippen LogP contribution in [0, 0.1) is 5.92 Å². The summed E-state index contributed by atoms with van der Waals surface area (Å²) in [4.78, 5) is 40.3. The van der Waals surface area contributed by atoms with E-state index >= 15 is 0 Å². The zero-order valence-corrected chi connectivity index (χ0v) is 15.5. The second-order valence-corrected chi connectivity index (χ2v) is 6.94. The van der Waals surface area contributed by atoms with Gasteiger partial charge < -0.3 is 4.90 Å². The highest BCUT2D eigenvalue weighted by molar-refractivity contribution is 6.09. The van der Waals surface area contributed by atoms with Crippen LogP contribution < -0.4 is 0 Å². The summed E-state index contributed by atoms with van der Waals surface area (Å²) >= 11 is 0. The number of Topliss-reactive ketones (excluding diaryl/α,β-unsaturated/α-hetero) is 2. The van der Waals surface area contributed by atoms with Crippen molar-refractivity contribution in [3.63, 3.8) is 0 Å². The quantitative estimate of drug-likeness (QED) is 0.714. The molecule has 1 heterocycles. The van der Waals surface area contributed by atoms with Gasteiger partial charge in [-0.25, -0.2) is 0 Å². The molecule has 1 saturated heterocycles. The average molecular weight is 344 g/mol. The molecule has 5 heteroatoms. The van der Waals surface area contributed by atoms with Crippen LogP contribution in [0.15, 0.2) is 24.3 Å². The highest BCUT2D eigenvalue weighted by Gasteiger charge is 2.20. The molecule has 1 fully saturated rings. The van der Waals surface area contributed by atoms with Crippen LogP contribution in [0.3, 0.4) is 0 Å². The van der Waals surface area contributed by atoms with Gasteiger partial charge in [-0.05, 0) is 13.0 Å². The third-order valence-electron chi connectivity index (χ3n) is 4.71. The Morgan fingerprint density at radius 1 is 1.00 bits per heavy atom. The van der Waals surface area contributed by atoms with Gasteiger partial charge in [0.15, 0.2) is 11.6 Å². The largest absolute Gasteiger partial charge is 0.340 e. The Balaban J connectivity index is 1.85. The van der Waals surface area contributed by atoms with Crippen LogP contribution in [0.1, 0.15) is 54.3 Å². The zero-order valence-electron chi connectivity index (χ0n) is 15.5. The molecule has 0 unspecified atom stereocenters. The monoisotopic (exact) mass is 344 g/mol. The summed E-state index contributed by atoms with van der Waals surface area (Å²) in [6.07, 6.45) is 1.21. The van der Waals surface area contributed by atoms with E-state index in [-0.39, 0.29) is 23.4 Å². The molecule has 0 radical (unpaired) electrons. The number of nitrogens with zero attached hydrogens (tertiary/aromatic N) is 2. The molecule has 136 valence electrons. The number of hydrogen-bond donors (Lipinski definition) is 0. The van der Waals surface area contributed by atoms with Gasteiger partial charge in [0.1, 0.15) is 0 Å². The normalized spacial score (nSPS) is 15.4. The van der Waals surface area contributed by atoms with Gasteiger partial charge in [0.05, 0.1) is 0 Å². The Labute approximate surface area is 150 Å². The van der Waals surface area contributed by atoms with Gasteiger partial charge in [-0.2, -0.15) is 0 Å². The van der Waals surface area contributed by atoms with E-state index in [1.165, 1.54) is 0 Å². The second kappa shape index (κ2) is 8.90. The lowest BCUT2D eigenvalue weighted by molar-refractivity contribution is -0.130. The van der Waals surface area contributed by atoms with Crippen molar-refractivity contribution in [2.24, 2.45) is 5.92 Å². The van der Waals surface area contributed by atoms with E-state index in [9.17, 15) is 14.4 Å². The number of benzene rings is 1. The van der Waals surface area contributed by atoms with E-state index in [1.807, 2.05) is 24.8 Å². The maximum atomic E-state index is 12.6. The molecule has 0 spiro atoms. The van der Waals surface area contributed by atoms with Crippen LogP contribution in [-0.2, 0) is 4.79 Å². The van der Waals surface area contributed by atoms with Gasteiger partial charge in [0.25, 0.3) is 0 Å². The minimum absolute atomic E-state index is 0.0179. The van der Waals surface area contributed by atoms with Crippen molar-refractivity contribution in [2.45, 2.75) is 33.6 Å². The summed E-state index contributed by atoms with van der Waals surface area (Å²) in [6.45, 7) is 9.38. The first-order chi connectivity index (χ1) is 11.9. The Morgan fingerprint density at radius 3 is 2.16 bits per heavy atom.